The molecule has 2 aromatic rings. The van der Waals surface area contributed by atoms with E-state index in [0.29, 0.717) is 5.92 Å². The molecule has 0 amide bonds. The molecule has 0 aliphatic carbocycles. The first kappa shape index (κ1) is 14.8. The Labute approximate surface area is 125 Å². The van der Waals surface area contributed by atoms with Gasteiger partial charge in [-0.15, -0.1) is 24.2 Å². The largest absolute Gasteiger partial charge is 0.349 e. The van der Waals surface area contributed by atoms with Gasteiger partial charge in [0.05, 0.1) is 5.03 Å². The van der Waals surface area contributed by atoms with Crippen molar-refractivity contribution < 1.29 is 0 Å². The number of fused-ring (bicyclic) bond motifs is 3. The number of hydrogen-bond acceptors (Lipinski definition) is 2. The Hall–Kier alpha value is -0.640. The topological polar surface area (TPSA) is 27.8 Å². The number of nitrogens with one attached hydrogen (secondary N) is 2. The molecule has 0 radical (unpaired) electrons. The highest BCUT2D eigenvalue weighted by Crippen LogP contribution is 2.41. The van der Waals surface area contributed by atoms with Crippen molar-refractivity contribution >= 4 is 35.1 Å². The van der Waals surface area contributed by atoms with Gasteiger partial charge >= 0.3 is 0 Å². The minimum Gasteiger partial charge on any atom is -0.349 e. The van der Waals surface area contributed by atoms with Crippen LogP contribution in [0.4, 0.5) is 0 Å². The fourth-order valence-electron chi connectivity index (χ4n) is 2.76. The molecule has 104 valence electrons. The van der Waals surface area contributed by atoms with E-state index in [1.807, 2.05) is 11.8 Å². The number of halogens is 1. The van der Waals surface area contributed by atoms with Crippen LogP contribution < -0.4 is 5.32 Å². The SMILES string of the molecule is CCCNCC1CCSc2[nH]c3ccccc3c21.Cl. The van der Waals surface area contributed by atoms with Crippen LogP contribution in [0.2, 0.25) is 0 Å². The van der Waals surface area contributed by atoms with Crippen molar-refractivity contribution in [2.24, 2.45) is 0 Å². The van der Waals surface area contributed by atoms with Crippen molar-refractivity contribution in [3.63, 3.8) is 0 Å². The summed E-state index contributed by atoms with van der Waals surface area (Å²) in [5.74, 6) is 1.90. The number of aromatic amines is 1. The van der Waals surface area contributed by atoms with E-state index < -0.39 is 0 Å². The van der Waals surface area contributed by atoms with Crippen LogP contribution in [-0.2, 0) is 0 Å². The Morgan fingerprint density at radius 3 is 3.05 bits per heavy atom. The highest BCUT2D eigenvalue weighted by atomic mass is 35.5. The molecule has 1 aliphatic rings. The Kier molecular flexibility index (Phi) is 5.20. The maximum atomic E-state index is 3.58. The number of aromatic nitrogens is 1. The summed E-state index contributed by atoms with van der Waals surface area (Å²) in [4.78, 5) is 3.57. The molecule has 1 aromatic carbocycles. The number of rotatable bonds is 4. The van der Waals surface area contributed by atoms with Gasteiger partial charge in [-0.1, -0.05) is 25.1 Å². The molecular formula is C15H21ClN2S. The molecule has 0 saturated carbocycles. The molecule has 2 N–H and O–H groups in total. The summed E-state index contributed by atoms with van der Waals surface area (Å²) in [6.07, 6.45) is 2.50. The second-order valence-electron chi connectivity index (χ2n) is 4.95. The van der Waals surface area contributed by atoms with Crippen molar-refractivity contribution in [2.45, 2.75) is 30.7 Å². The molecule has 1 atom stereocenters. The Bertz CT molecular complexity index is 538. The first-order valence-corrected chi connectivity index (χ1v) is 7.83. The summed E-state index contributed by atoms with van der Waals surface area (Å²) in [7, 11) is 0. The molecule has 2 nitrogen and oxygen atoms in total. The van der Waals surface area contributed by atoms with Gasteiger partial charge in [-0.05, 0) is 31.0 Å². The number of hydrogen-bond donors (Lipinski definition) is 2. The molecule has 1 aliphatic heterocycles. The molecule has 4 heteroatoms. The molecule has 0 saturated heterocycles. The Morgan fingerprint density at radius 1 is 1.37 bits per heavy atom. The van der Waals surface area contributed by atoms with Crippen molar-refractivity contribution in [1.29, 1.82) is 0 Å². The first-order chi connectivity index (χ1) is 8.90. The molecule has 0 bridgehead atoms. The van der Waals surface area contributed by atoms with Gasteiger partial charge in [-0.25, -0.2) is 0 Å². The van der Waals surface area contributed by atoms with E-state index >= 15 is 0 Å². The minimum absolute atomic E-state index is 0. The zero-order valence-corrected chi connectivity index (χ0v) is 12.9. The maximum Gasteiger partial charge on any atom is 0.0768 e. The zero-order chi connectivity index (χ0) is 12.4. The van der Waals surface area contributed by atoms with Crippen LogP contribution in [0.5, 0.6) is 0 Å². The van der Waals surface area contributed by atoms with Gasteiger partial charge in [-0.2, -0.15) is 0 Å². The third-order valence-corrected chi connectivity index (χ3v) is 4.70. The molecule has 2 heterocycles. The van der Waals surface area contributed by atoms with Gasteiger partial charge in [0, 0.05) is 29.1 Å². The third kappa shape index (κ3) is 2.93. The fourth-order valence-corrected chi connectivity index (χ4v) is 3.98. The van der Waals surface area contributed by atoms with Crippen LogP contribution in [0, 0.1) is 0 Å². The second kappa shape index (κ2) is 6.69. The predicted molar refractivity (Wildman–Crippen MR) is 86.8 cm³/mol. The molecule has 0 fully saturated rings. The molecular weight excluding hydrogens is 276 g/mol. The van der Waals surface area contributed by atoms with Crippen molar-refractivity contribution in [3.05, 3.63) is 29.8 Å². The van der Waals surface area contributed by atoms with Crippen LogP contribution in [0.25, 0.3) is 10.9 Å². The van der Waals surface area contributed by atoms with Gasteiger partial charge in [0.2, 0.25) is 0 Å². The van der Waals surface area contributed by atoms with Crippen LogP contribution in [0.3, 0.4) is 0 Å². The summed E-state index contributed by atoms with van der Waals surface area (Å²) in [6, 6.07) is 8.69. The summed E-state index contributed by atoms with van der Waals surface area (Å²) in [6.45, 7) is 4.46. The number of benzene rings is 1. The predicted octanol–water partition coefficient (Wildman–Crippen LogP) is 4.17. The monoisotopic (exact) mass is 296 g/mol. The van der Waals surface area contributed by atoms with Gasteiger partial charge in [0.15, 0.2) is 0 Å². The van der Waals surface area contributed by atoms with Crippen LogP contribution in [0.15, 0.2) is 29.3 Å². The van der Waals surface area contributed by atoms with Gasteiger partial charge in [0.1, 0.15) is 0 Å². The van der Waals surface area contributed by atoms with E-state index in [9.17, 15) is 0 Å². The van der Waals surface area contributed by atoms with Crippen molar-refractivity contribution in [2.75, 3.05) is 18.8 Å². The summed E-state index contributed by atoms with van der Waals surface area (Å²) >= 11 is 1.97. The van der Waals surface area contributed by atoms with E-state index in [4.69, 9.17) is 0 Å². The van der Waals surface area contributed by atoms with E-state index in [2.05, 4.69) is 41.5 Å². The van der Waals surface area contributed by atoms with Gasteiger partial charge in [0.25, 0.3) is 0 Å². The zero-order valence-electron chi connectivity index (χ0n) is 11.2. The molecule has 1 unspecified atom stereocenters. The normalized spacial score (nSPS) is 18.1. The molecule has 0 spiro atoms. The lowest BCUT2D eigenvalue weighted by Crippen LogP contribution is -2.24. The Morgan fingerprint density at radius 2 is 2.21 bits per heavy atom. The van der Waals surface area contributed by atoms with Crippen LogP contribution in [-0.4, -0.2) is 23.8 Å². The lowest BCUT2D eigenvalue weighted by molar-refractivity contribution is 0.561. The van der Waals surface area contributed by atoms with Crippen molar-refractivity contribution in [3.8, 4) is 0 Å². The average Bonchev–Trinajstić information content (AvgIpc) is 2.78. The van der Waals surface area contributed by atoms with Gasteiger partial charge < -0.3 is 10.3 Å². The number of H-pyrrole nitrogens is 1. The van der Waals surface area contributed by atoms with Crippen LogP contribution >= 0.6 is 24.2 Å². The molecule has 19 heavy (non-hydrogen) atoms. The maximum absolute atomic E-state index is 3.58. The minimum atomic E-state index is 0. The standard InChI is InChI=1S/C15H20N2S.ClH/c1-2-8-16-10-11-7-9-18-15-14(11)12-5-3-4-6-13(12)17-15;/h3-6,11,16-17H,2,7-10H2,1H3;1H. The highest BCUT2D eigenvalue weighted by molar-refractivity contribution is 7.99. The lowest BCUT2D eigenvalue weighted by atomic mass is 9.95. The third-order valence-electron chi connectivity index (χ3n) is 3.65. The summed E-state index contributed by atoms with van der Waals surface area (Å²) in [5, 5.41) is 6.39. The van der Waals surface area contributed by atoms with Crippen molar-refractivity contribution in [1.82, 2.24) is 10.3 Å². The van der Waals surface area contributed by atoms with Gasteiger partial charge in [-0.3, -0.25) is 0 Å². The van der Waals surface area contributed by atoms with E-state index in [-0.39, 0.29) is 12.4 Å². The molecule has 3 rings (SSSR count). The Balaban J connectivity index is 0.00000133. The van der Waals surface area contributed by atoms with E-state index in [1.165, 1.54) is 34.5 Å². The van der Waals surface area contributed by atoms with Crippen LogP contribution in [0.1, 0.15) is 31.2 Å². The lowest BCUT2D eigenvalue weighted by Gasteiger charge is -2.23. The molecule has 1 aromatic heterocycles. The summed E-state index contributed by atoms with van der Waals surface area (Å²) < 4.78 is 0. The highest BCUT2D eigenvalue weighted by Gasteiger charge is 2.24. The second-order valence-corrected chi connectivity index (χ2v) is 6.06. The van der Waals surface area contributed by atoms with E-state index in [1.54, 1.807) is 5.56 Å². The van der Waals surface area contributed by atoms with E-state index in [0.717, 1.165) is 13.1 Å². The average molecular weight is 297 g/mol. The fraction of sp³-hybridized carbons (Fsp3) is 0.467. The first-order valence-electron chi connectivity index (χ1n) is 6.84. The number of thioether (sulfide) groups is 1. The summed E-state index contributed by atoms with van der Waals surface area (Å²) in [5.41, 5.74) is 2.84. The smallest absolute Gasteiger partial charge is 0.0768 e. The number of para-hydroxylation sites is 1. The quantitative estimate of drug-likeness (QED) is 0.829.